The molecule has 3 heterocycles. The molecule has 2 amide bonds. The van der Waals surface area contributed by atoms with Crippen LogP contribution in [0.3, 0.4) is 0 Å². The number of rotatable bonds is 5. The number of morpholine rings is 2. The van der Waals surface area contributed by atoms with E-state index >= 15 is 0 Å². The van der Waals surface area contributed by atoms with Crippen molar-refractivity contribution in [2.75, 3.05) is 58.4 Å². The number of amides is 2. The fourth-order valence-corrected chi connectivity index (χ4v) is 3.68. The van der Waals surface area contributed by atoms with Gasteiger partial charge in [0.25, 0.3) is 0 Å². The topological polar surface area (TPSA) is 103 Å². The monoisotopic (exact) mass is 370 g/mol. The maximum absolute atomic E-state index is 12.9. The van der Waals surface area contributed by atoms with E-state index in [9.17, 15) is 9.59 Å². The molecule has 1 aromatic heterocycles. The highest BCUT2D eigenvalue weighted by molar-refractivity contribution is 7.99. The molecule has 0 bridgehead atoms. The number of ether oxygens (including phenoxy) is 2. The summed E-state index contributed by atoms with van der Waals surface area (Å²) in [6.45, 7) is 4.08. The van der Waals surface area contributed by atoms with Gasteiger partial charge >= 0.3 is 0 Å². The third-order valence-electron chi connectivity index (χ3n) is 4.20. The Morgan fingerprint density at radius 2 is 1.56 bits per heavy atom. The molecule has 2 saturated heterocycles. The van der Waals surface area contributed by atoms with Crippen LogP contribution >= 0.6 is 11.8 Å². The second-order valence-electron chi connectivity index (χ2n) is 5.82. The lowest BCUT2D eigenvalue weighted by Crippen LogP contribution is -2.51. The number of hydrogen-bond donors (Lipinski definition) is 0. The molecule has 0 atom stereocenters. The van der Waals surface area contributed by atoms with Gasteiger partial charge in [-0.1, -0.05) is 11.8 Å². The molecule has 25 heavy (non-hydrogen) atoms. The van der Waals surface area contributed by atoms with Crippen molar-refractivity contribution < 1.29 is 19.1 Å². The van der Waals surface area contributed by atoms with Crippen molar-refractivity contribution >= 4 is 23.6 Å². The van der Waals surface area contributed by atoms with Gasteiger partial charge < -0.3 is 19.3 Å². The van der Waals surface area contributed by atoms with Gasteiger partial charge in [0, 0.05) is 39.0 Å². The first-order valence-corrected chi connectivity index (χ1v) is 9.23. The predicted octanol–water partition coefficient (Wildman–Crippen LogP) is -1.36. The van der Waals surface area contributed by atoms with E-state index in [-0.39, 0.29) is 11.8 Å². The van der Waals surface area contributed by atoms with Crippen LogP contribution in [0.1, 0.15) is 0 Å². The zero-order valence-electron chi connectivity index (χ0n) is 14.2. The number of carbonyl (C=O) groups is 2. The van der Waals surface area contributed by atoms with E-state index in [0.29, 0.717) is 63.5 Å². The highest BCUT2D eigenvalue weighted by Crippen LogP contribution is 2.21. The normalized spacial score (nSPS) is 18.6. The molecule has 0 radical (unpaired) electrons. The Morgan fingerprint density at radius 3 is 2.00 bits per heavy atom. The molecule has 11 heteroatoms. The summed E-state index contributed by atoms with van der Waals surface area (Å²) in [5, 5.41) is 11.8. The summed E-state index contributed by atoms with van der Waals surface area (Å²) in [6, 6.07) is 0. The Balaban J connectivity index is 1.70. The van der Waals surface area contributed by atoms with Crippen LogP contribution in [0.25, 0.3) is 0 Å². The molecule has 0 aliphatic carbocycles. The van der Waals surface area contributed by atoms with Crippen molar-refractivity contribution in [1.29, 1.82) is 0 Å². The third-order valence-corrected chi connectivity index (χ3v) is 5.31. The van der Waals surface area contributed by atoms with Crippen LogP contribution in [0.5, 0.6) is 0 Å². The summed E-state index contributed by atoms with van der Waals surface area (Å²) in [5.41, 5.74) is 0. The zero-order chi connectivity index (χ0) is 17.6. The smallest absolute Gasteiger partial charge is 0.236 e. The van der Waals surface area contributed by atoms with Gasteiger partial charge in [0.15, 0.2) is 0 Å². The van der Waals surface area contributed by atoms with Crippen molar-refractivity contribution in [1.82, 2.24) is 30.0 Å². The summed E-state index contributed by atoms with van der Waals surface area (Å²) in [6.07, 6.45) is 0. The molecule has 138 valence electrons. The van der Waals surface area contributed by atoms with Gasteiger partial charge in [-0.15, -0.1) is 5.10 Å². The van der Waals surface area contributed by atoms with Crippen LogP contribution in [-0.2, 0) is 26.1 Å². The fraction of sp³-hybridized carbons (Fsp3) is 0.786. The van der Waals surface area contributed by atoms with Crippen molar-refractivity contribution in [2.45, 2.75) is 5.16 Å². The number of tetrazole rings is 1. The van der Waals surface area contributed by atoms with Crippen LogP contribution in [0, 0.1) is 5.92 Å². The van der Waals surface area contributed by atoms with Gasteiger partial charge in [-0.25, -0.2) is 4.68 Å². The highest BCUT2D eigenvalue weighted by atomic mass is 32.2. The number of aromatic nitrogens is 4. The summed E-state index contributed by atoms with van der Waals surface area (Å²) in [5.74, 6) is -0.747. The van der Waals surface area contributed by atoms with Crippen LogP contribution < -0.4 is 0 Å². The van der Waals surface area contributed by atoms with Crippen LogP contribution in [0.2, 0.25) is 0 Å². The maximum atomic E-state index is 12.9. The van der Waals surface area contributed by atoms with Gasteiger partial charge in [-0.3, -0.25) is 9.59 Å². The second kappa shape index (κ2) is 8.59. The number of thioether (sulfide) groups is 1. The van der Waals surface area contributed by atoms with Crippen molar-refractivity contribution in [3.8, 4) is 0 Å². The van der Waals surface area contributed by atoms with E-state index in [1.54, 1.807) is 16.8 Å². The average molecular weight is 370 g/mol. The van der Waals surface area contributed by atoms with Crippen molar-refractivity contribution in [3.63, 3.8) is 0 Å². The van der Waals surface area contributed by atoms with Crippen LogP contribution in [0.15, 0.2) is 5.16 Å². The number of nitrogens with zero attached hydrogens (tertiary/aromatic N) is 6. The lowest BCUT2D eigenvalue weighted by atomic mass is 10.1. The third kappa shape index (κ3) is 4.47. The molecule has 0 aromatic carbocycles. The first-order valence-electron chi connectivity index (χ1n) is 8.25. The largest absolute Gasteiger partial charge is 0.378 e. The first-order chi connectivity index (χ1) is 12.2. The van der Waals surface area contributed by atoms with Gasteiger partial charge in [-0.2, -0.15) is 0 Å². The number of carbonyl (C=O) groups excluding carboxylic acids is 2. The minimum absolute atomic E-state index is 0.151. The Hall–Kier alpha value is -1.72. The lowest BCUT2D eigenvalue weighted by Gasteiger charge is -2.33. The summed E-state index contributed by atoms with van der Waals surface area (Å²) in [4.78, 5) is 29.3. The van der Waals surface area contributed by atoms with E-state index in [0.717, 1.165) is 0 Å². The Bertz CT molecular complexity index is 570. The molecule has 2 fully saturated rings. The molecule has 3 rings (SSSR count). The molecular formula is C14H22N6O4S. The Kier molecular flexibility index (Phi) is 6.21. The van der Waals surface area contributed by atoms with Crippen LogP contribution in [0.4, 0.5) is 0 Å². The molecule has 10 nitrogen and oxygen atoms in total. The quantitative estimate of drug-likeness (QED) is 0.462. The Labute approximate surface area is 149 Å². The first kappa shape index (κ1) is 18.1. The maximum Gasteiger partial charge on any atom is 0.236 e. The molecule has 2 aliphatic rings. The van der Waals surface area contributed by atoms with E-state index in [2.05, 4.69) is 15.5 Å². The zero-order valence-corrected chi connectivity index (χ0v) is 15.0. The van der Waals surface area contributed by atoms with E-state index in [4.69, 9.17) is 9.47 Å². The minimum Gasteiger partial charge on any atom is -0.378 e. The van der Waals surface area contributed by atoms with E-state index in [1.165, 1.54) is 16.4 Å². The minimum atomic E-state index is -0.752. The van der Waals surface area contributed by atoms with Gasteiger partial charge in [0.1, 0.15) is 5.92 Å². The molecule has 0 unspecified atom stereocenters. The van der Waals surface area contributed by atoms with Crippen molar-refractivity contribution in [2.24, 2.45) is 13.0 Å². The standard InChI is InChI=1S/C14H22N6O4S/c1-18-14(15-16-17-18)25-10-11(12(21)19-2-6-23-7-3-19)13(22)20-4-8-24-9-5-20/h11H,2-10H2,1H3. The number of hydrogen-bond acceptors (Lipinski definition) is 8. The highest BCUT2D eigenvalue weighted by Gasteiger charge is 2.35. The second-order valence-corrected chi connectivity index (χ2v) is 6.81. The van der Waals surface area contributed by atoms with Gasteiger partial charge in [-0.05, 0) is 10.4 Å². The molecule has 0 spiro atoms. The Morgan fingerprint density at radius 1 is 1.04 bits per heavy atom. The SMILES string of the molecule is Cn1nnnc1SCC(C(=O)N1CCOCC1)C(=O)N1CCOCC1. The molecular weight excluding hydrogens is 348 g/mol. The summed E-state index contributed by atoms with van der Waals surface area (Å²) in [7, 11) is 1.73. The summed E-state index contributed by atoms with van der Waals surface area (Å²) >= 11 is 1.32. The van der Waals surface area contributed by atoms with Crippen molar-refractivity contribution in [3.05, 3.63) is 0 Å². The summed E-state index contributed by atoms with van der Waals surface area (Å²) < 4.78 is 12.1. The fourth-order valence-electron chi connectivity index (χ4n) is 2.76. The van der Waals surface area contributed by atoms with Gasteiger partial charge in [0.2, 0.25) is 17.0 Å². The molecule has 2 aliphatic heterocycles. The van der Waals surface area contributed by atoms with Crippen LogP contribution in [-0.4, -0.2) is 100 Å². The van der Waals surface area contributed by atoms with E-state index < -0.39 is 5.92 Å². The van der Waals surface area contributed by atoms with E-state index in [1.807, 2.05) is 0 Å². The van der Waals surface area contributed by atoms with Gasteiger partial charge in [0.05, 0.1) is 26.4 Å². The average Bonchev–Trinajstić information content (AvgIpc) is 3.08. The molecule has 1 aromatic rings. The number of aryl methyl sites for hydroxylation is 1. The lowest BCUT2D eigenvalue weighted by molar-refractivity contribution is -0.150. The molecule has 0 saturated carbocycles. The predicted molar refractivity (Wildman–Crippen MR) is 87.8 cm³/mol. The molecule has 0 N–H and O–H groups in total.